The van der Waals surface area contributed by atoms with Crippen molar-refractivity contribution in [2.75, 3.05) is 20.1 Å². The van der Waals surface area contributed by atoms with Crippen LogP contribution in [0.15, 0.2) is 18.2 Å². The molecule has 1 heterocycles. The minimum absolute atomic E-state index is 0.0381. The first-order valence-corrected chi connectivity index (χ1v) is 6.53. The topological polar surface area (TPSA) is 29.5 Å². The molecule has 1 atom stereocenters. The van der Waals surface area contributed by atoms with Crippen molar-refractivity contribution in [3.63, 3.8) is 0 Å². The van der Waals surface area contributed by atoms with E-state index in [0.29, 0.717) is 5.56 Å². The van der Waals surface area contributed by atoms with E-state index in [1.807, 2.05) is 32.0 Å². The lowest BCUT2D eigenvalue weighted by molar-refractivity contribution is 0.0108. The van der Waals surface area contributed by atoms with Crippen LogP contribution in [0.3, 0.4) is 0 Å². The molecule has 0 aliphatic carbocycles. The minimum atomic E-state index is -0.184. The number of benzene rings is 1. The first-order chi connectivity index (χ1) is 8.58. The molecule has 1 aromatic carbocycles. The van der Waals surface area contributed by atoms with E-state index in [4.69, 9.17) is 4.74 Å². The third kappa shape index (κ3) is 2.91. The van der Waals surface area contributed by atoms with Crippen molar-refractivity contribution in [3.05, 3.63) is 34.9 Å². The Kier molecular flexibility index (Phi) is 4.02. The molecule has 0 unspecified atom stereocenters. The van der Waals surface area contributed by atoms with Crippen molar-refractivity contribution in [2.45, 2.75) is 32.8 Å². The highest BCUT2D eigenvalue weighted by Crippen LogP contribution is 2.17. The zero-order valence-electron chi connectivity index (χ0n) is 11.4. The quantitative estimate of drug-likeness (QED) is 0.752. The maximum atomic E-state index is 12.2. The smallest absolute Gasteiger partial charge is 0.338 e. The summed E-state index contributed by atoms with van der Waals surface area (Å²) in [6.45, 7) is 5.92. The predicted molar refractivity (Wildman–Crippen MR) is 71.9 cm³/mol. The summed E-state index contributed by atoms with van der Waals surface area (Å²) in [4.78, 5) is 14.4. The number of piperidine rings is 1. The molecule has 0 saturated carbocycles. The second-order valence-corrected chi connectivity index (χ2v) is 5.18. The van der Waals surface area contributed by atoms with Crippen LogP contribution in [0.2, 0.25) is 0 Å². The summed E-state index contributed by atoms with van der Waals surface area (Å²) in [6.07, 6.45) is 2.11. The van der Waals surface area contributed by atoms with Crippen LogP contribution < -0.4 is 0 Å². The highest BCUT2D eigenvalue weighted by atomic mass is 16.5. The van der Waals surface area contributed by atoms with Crippen molar-refractivity contribution in [3.8, 4) is 0 Å². The van der Waals surface area contributed by atoms with Crippen LogP contribution in [0.4, 0.5) is 0 Å². The van der Waals surface area contributed by atoms with Gasteiger partial charge in [-0.3, -0.25) is 0 Å². The third-order valence-corrected chi connectivity index (χ3v) is 3.68. The summed E-state index contributed by atoms with van der Waals surface area (Å²) in [7, 11) is 2.07. The van der Waals surface area contributed by atoms with Crippen LogP contribution in [0.5, 0.6) is 0 Å². The molecule has 0 bridgehead atoms. The number of likely N-dealkylation sites (N-methyl/N-ethyl adjacent to an activating group) is 1. The Morgan fingerprint density at radius 2 is 2.17 bits per heavy atom. The first kappa shape index (κ1) is 13.1. The first-order valence-electron chi connectivity index (χ1n) is 6.53. The number of rotatable bonds is 2. The Hall–Kier alpha value is -1.35. The van der Waals surface area contributed by atoms with Crippen LogP contribution in [0, 0.1) is 13.8 Å². The van der Waals surface area contributed by atoms with Gasteiger partial charge in [0.1, 0.15) is 6.10 Å². The molecule has 1 aliphatic rings. The van der Waals surface area contributed by atoms with Crippen molar-refractivity contribution in [1.29, 1.82) is 0 Å². The van der Waals surface area contributed by atoms with Gasteiger partial charge in [0.25, 0.3) is 0 Å². The number of ether oxygens (including phenoxy) is 1. The molecule has 98 valence electrons. The van der Waals surface area contributed by atoms with E-state index in [1.165, 1.54) is 0 Å². The minimum Gasteiger partial charge on any atom is -0.457 e. The Labute approximate surface area is 109 Å². The summed E-state index contributed by atoms with van der Waals surface area (Å²) in [6, 6.07) is 5.77. The van der Waals surface area contributed by atoms with E-state index in [0.717, 1.165) is 37.1 Å². The molecule has 0 N–H and O–H groups in total. The van der Waals surface area contributed by atoms with E-state index < -0.39 is 0 Å². The fraction of sp³-hybridized carbons (Fsp3) is 0.533. The van der Waals surface area contributed by atoms with Crippen LogP contribution in [-0.4, -0.2) is 37.1 Å². The largest absolute Gasteiger partial charge is 0.457 e. The Bertz CT molecular complexity index is 442. The number of esters is 1. The molecular weight excluding hydrogens is 226 g/mol. The van der Waals surface area contributed by atoms with Crippen molar-refractivity contribution in [1.82, 2.24) is 4.90 Å². The number of carbonyl (C=O) groups excluding carboxylic acids is 1. The molecule has 0 radical (unpaired) electrons. The molecule has 1 aliphatic heterocycles. The van der Waals surface area contributed by atoms with Crippen molar-refractivity contribution in [2.24, 2.45) is 0 Å². The summed E-state index contributed by atoms with van der Waals surface area (Å²) in [5, 5.41) is 0. The summed E-state index contributed by atoms with van der Waals surface area (Å²) >= 11 is 0. The highest BCUT2D eigenvalue weighted by Gasteiger charge is 2.22. The molecule has 3 nitrogen and oxygen atoms in total. The molecule has 1 saturated heterocycles. The molecular formula is C15H21NO2. The van der Waals surface area contributed by atoms with Crippen molar-refractivity contribution >= 4 is 5.97 Å². The fourth-order valence-electron chi connectivity index (χ4n) is 2.40. The molecule has 1 fully saturated rings. The van der Waals surface area contributed by atoms with Gasteiger partial charge in [-0.05, 0) is 57.5 Å². The molecule has 0 spiro atoms. The molecule has 1 aromatic rings. The maximum absolute atomic E-state index is 12.2. The molecule has 18 heavy (non-hydrogen) atoms. The van der Waals surface area contributed by atoms with Gasteiger partial charge in [0.2, 0.25) is 0 Å². The van der Waals surface area contributed by atoms with E-state index in [9.17, 15) is 4.79 Å². The number of aryl methyl sites for hydroxylation is 1. The van der Waals surface area contributed by atoms with Gasteiger partial charge < -0.3 is 9.64 Å². The number of nitrogens with zero attached hydrogens (tertiary/aromatic N) is 1. The Morgan fingerprint density at radius 3 is 2.89 bits per heavy atom. The second-order valence-electron chi connectivity index (χ2n) is 5.18. The Balaban J connectivity index is 2.05. The van der Waals surface area contributed by atoms with E-state index in [1.54, 1.807) is 0 Å². The van der Waals surface area contributed by atoms with Gasteiger partial charge >= 0.3 is 5.97 Å². The third-order valence-electron chi connectivity index (χ3n) is 3.68. The van der Waals surface area contributed by atoms with Crippen LogP contribution >= 0.6 is 0 Å². The predicted octanol–water partition coefficient (Wildman–Crippen LogP) is 2.55. The van der Waals surface area contributed by atoms with E-state index in [-0.39, 0.29) is 12.1 Å². The monoisotopic (exact) mass is 247 g/mol. The zero-order valence-corrected chi connectivity index (χ0v) is 11.4. The Morgan fingerprint density at radius 1 is 1.39 bits per heavy atom. The highest BCUT2D eigenvalue weighted by molar-refractivity contribution is 5.91. The maximum Gasteiger partial charge on any atom is 0.338 e. The zero-order chi connectivity index (χ0) is 13.1. The van der Waals surface area contributed by atoms with Crippen LogP contribution in [0.1, 0.15) is 34.3 Å². The standard InChI is InChI=1S/C15H21NO2/c1-11-6-4-8-14(12(11)2)15(17)18-13-7-5-9-16(3)10-13/h4,6,8,13H,5,7,9-10H2,1-3H3/t13-/m0/s1. The lowest BCUT2D eigenvalue weighted by Crippen LogP contribution is -2.38. The van der Waals surface area contributed by atoms with Gasteiger partial charge in [-0.15, -0.1) is 0 Å². The summed E-state index contributed by atoms with van der Waals surface area (Å²) < 4.78 is 5.60. The lowest BCUT2D eigenvalue weighted by Gasteiger charge is -2.29. The van der Waals surface area contributed by atoms with E-state index >= 15 is 0 Å². The molecule has 0 amide bonds. The summed E-state index contributed by atoms with van der Waals surface area (Å²) in [5.41, 5.74) is 2.85. The van der Waals surface area contributed by atoms with Crippen LogP contribution in [0.25, 0.3) is 0 Å². The number of carbonyl (C=O) groups is 1. The van der Waals surface area contributed by atoms with Gasteiger partial charge in [0.05, 0.1) is 5.56 Å². The van der Waals surface area contributed by atoms with Crippen molar-refractivity contribution < 1.29 is 9.53 Å². The molecule has 3 heteroatoms. The SMILES string of the molecule is Cc1cccc(C(=O)O[C@H]2CCCN(C)C2)c1C. The van der Waals surface area contributed by atoms with Gasteiger partial charge in [-0.1, -0.05) is 12.1 Å². The van der Waals surface area contributed by atoms with Gasteiger partial charge in [0, 0.05) is 6.54 Å². The normalized spacial score (nSPS) is 20.7. The average Bonchev–Trinajstić information content (AvgIpc) is 2.32. The number of hydrogen-bond donors (Lipinski definition) is 0. The van der Waals surface area contributed by atoms with Crippen LogP contribution in [-0.2, 0) is 4.74 Å². The average molecular weight is 247 g/mol. The second kappa shape index (κ2) is 5.53. The van der Waals surface area contributed by atoms with Gasteiger partial charge in [-0.25, -0.2) is 4.79 Å². The van der Waals surface area contributed by atoms with Gasteiger partial charge in [-0.2, -0.15) is 0 Å². The fourth-order valence-corrected chi connectivity index (χ4v) is 2.40. The van der Waals surface area contributed by atoms with E-state index in [2.05, 4.69) is 11.9 Å². The molecule has 0 aromatic heterocycles. The lowest BCUT2D eigenvalue weighted by atomic mass is 10.0. The molecule has 2 rings (SSSR count). The summed E-state index contributed by atoms with van der Waals surface area (Å²) in [5.74, 6) is -0.184. The number of likely N-dealkylation sites (tertiary alicyclic amines) is 1. The number of hydrogen-bond acceptors (Lipinski definition) is 3. The van der Waals surface area contributed by atoms with Gasteiger partial charge in [0.15, 0.2) is 0 Å².